The lowest BCUT2D eigenvalue weighted by molar-refractivity contribution is 0.275. The van der Waals surface area contributed by atoms with Crippen molar-refractivity contribution in [3.05, 3.63) is 41.1 Å². The summed E-state index contributed by atoms with van der Waals surface area (Å²) >= 11 is 0. The lowest BCUT2D eigenvalue weighted by Crippen LogP contribution is -2.15. The SMILES string of the molecule is Cc1nn(C)c(Oc2ccccc2CO)c1C(N)=NO. The van der Waals surface area contributed by atoms with E-state index >= 15 is 0 Å². The molecular weight excluding hydrogens is 260 g/mol. The monoisotopic (exact) mass is 276 g/mol. The molecule has 0 bridgehead atoms. The van der Waals surface area contributed by atoms with Crippen molar-refractivity contribution in [2.24, 2.45) is 17.9 Å². The largest absolute Gasteiger partial charge is 0.438 e. The highest BCUT2D eigenvalue weighted by Crippen LogP contribution is 2.29. The van der Waals surface area contributed by atoms with Crippen molar-refractivity contribution >= 4 is 5.84 Å². The first-order chi connectivity index (χ1) is 9.58. The summed E-state index contributed by atoms with van der Waals surface area (Å²) in [5.74, 6) is 0.760. The number of para-hydroxylation sites is 1. The van der Waals surface area contributed by atoms with E-state index in [1.807, 2.05) is 0 Å². The fourth-order valence-electron chi connectivity index (χ4n) is 1.94. The van der Waals surface area contributed by atoms with Crippen LogP contribution < -0.4 is 10.5 Å². The predicted molar refractivity (Wildman–Crippen MR) is 72.9 cm³/mol. The first kappa shape index (κ1) is 13.9. The predicted octanol–water partition coefficient (Wildman–Crippen LogP) is 1.11. The molecule has 4 N–H and O–H groups in total. The second-order valence-corrected chi connectivity index (χ2v) is 4.24. The summed E-state index contributed by atoms with van der Waals surface area (Å²) in [5.41, 5.74) is 7.29. The second-order valence-electron chi connectivity index (χ2n) is 4.24. The fraction of sp³-hybridized carbons (Fsp3) is 0.231. The zero-order valence-electron chi connectivity index (χ0n) is 11.2. The molecule has 2 rings (SSSR count). The number of aliphatic hydroxyl groups excluding tert-OH is 1. The minimum Gasteiger partial charge on any atom is -0.438 e. The topological polar surface area (TPSA) is 106 Å². The van der Waals surface area contributed by atoms with Crippen molar-refractivity contribution in [1.82, 2.24) is 9.78 Å². The summed E-state index contributed by atoms with van der Waals surface area (Å²) in [6.45, 7) is 1.59. The van der Waals surface area contributed by atoms with Crippen molar-refractivity contribution in [2.45, 2.75) is 13.5 Å². The molecule has 0 aliphatic rings. The van der Waals surface area contributed by atoms with Gasteiger partial charge in [0.25, 0.3) is 0 Å². The van der Waals surface area contributed by atoms with Crippen LogP contribution in [0, 0.1) is 6.92 Å². The van der Waals surface area contributed by atoms with E-state index in [0.29, 0.717) is 28.5 Å². The quantitative estimate of drug-likeness (QED) is 0.336. The number of aromatic nitrogens is 2. The van der Waals surface area contributed by atoms with Gasteiger partial charge in [0.2, 0.25) is 5.88 Å². The average Bonchev–Trinajstić information content (AvgIpc) is 2.73. The summed E-state index contributed by atoms with van der Waals surface area (Å²) in [7, 11) is 1.69. The summed E-state index contributed by atoms with van der Waals surface area (Å²) in [4.78, 5) is 0. The van der Waals surface area contributed by atoms with Gasteiger partial charge in [-0.1, -0.05) is 23.4 Å². The standard InChI is InChI=1S/C13H16N4O3/c1-8-11(12(14)16-19)13(17(2)15-8)20-10-6-4-3-5-9(10)7-18/h3-6,18-19H,7H2,1-2H3,(H2,14,16). The molecule has 0 fully saturated rings. The number of aryl methyl sites for hydroxylation is 2. The number of nitrogens with zero attached hydrogens (tertiary/aromatic N) is 3. The maximum atomic E-state index is 9.30. The molecule has 20 heavy (non-hydrogen) atoms. The van der Waals surface area contributed by atoms with Gasteiger partial charge < -0.3 is 20.8 Å². The molecule has 1 aromatic heterocycles. The molecule has 7 heteroatoms. The third kappa shape index (κ3) is 2.43. The van der Waals surface area contributed by atoms with Crippen LogP contribution in [0.2, 0.25) is 0 Å². The number of rotatable bonds is 4. The molecule has 1 heterocycles. The highest BCUT2D eigenvalue weighted by molar-refractivity contribution is 6.00. The molecule has 0 aliphatic carbocycles. The van der Waals surface area contributed by atoms with E-state index in [1.165, 1.54) is 4.68 Å². The molecular formula is C13H16N4O3. The number of hydrogen-bond acceptors (Lipinski definition) is 5. The van der Waals surface area contributed by atoms with Crippen LogP contribution in [-0.2, 0) is 13.7 Å². The van der Waals surface area contributed by atoms with Gasteiger partial charge in [0.15, 0.2) is 5.84 Å². The number of amidine groups is 1. The first-order valence-electron chi connectivity index (χ1n) is 5.96. The van der Waals surface area contributed by atoms with Crippen molar-refractivity contribution in [1.29, 1.82) is 0 Å². The Kier molecular flexibility index (Phi) is 3.90. The molecule has 0 radical (unpaired) electrons. The third-order valence-corrected chi connectivity index (χ3v) is 2.88. The number of benzene rings is 1. The first-order valence-corrected chi connectivity index (χ1v) is 5.96. The van der Waals surface area contributed by atoms with Gasteiger partial charge in [-0.15, -0.1) is 0 Å². The molecule has 0 spiro atoms. The lowest BCUT2D eigenvalue weighted by atomic mass is 10.2. The van der Waals surface area contributed by atoms with Crippen LogP contribution in [0.15, 0.2) is 29.4 Å². The highest BCUT2D eigenvalue weighted by atomic mass is 16.5. The number of aliphatic hydroxyl groups is 1. The molecule has 0 unspecified atom stereocenters. The van der Waals surface area contributed by atoms with Crippen molar-refractivity contribution in [3.8, 4) is 11.6 Å². The van der Waals surface area contributed by atoms with Crippen LogP contribution in [-0.4, -0.2) is 25.9 Å². The van der Waals surface area contributed by atoms with Crippen molar-refractivity contribution in [3.63, 3.8) is 0 Å². The maximum absolute atomic E-state index is 9.30. The zero-order valence-corrected chi connectivity index (χ0v) is 11.2. The van der Waals surface area contributed by atoms with Crippen LogP contribution in [0.1, 0.15) is 16.8 Å². The third-order valence-electron chi connectivity index (χ3n) is 2.88. The Morgan fingerprint density at radius 3 is 2.80 bits per heavy atom. The lowest BCUT2D eigenvalue weighted by Gasteiger charge is -2.11. The average molecular weight is 276 g/mol. The Bertz CT molecular complexity index is 649. The summed E-state index contributed by atoms with van der Waals surface area (Å²) in [6.07, 6.45) is 0. The van der Waals surface area contributed by atoms with Crippen molar-refractivity contribution in [2.75, 3.05) is 0 Å². The maximum Gasteiger partial charge on any atom is 0.229 e. The molecule has 0 aliphatic heterocycles. The van der Waals surface area contributed by atoms with Crippen molar-refractivity contribution < 1.29 is 15.1 Å². The highest BCUT2D eigenvalue weighted by Gasteiger charge is 2.20. The van der Waals surface area contributed by atoms with Crippen LogP contribution in [0.3, 0.4) is 0 Å². The molecule has 0 atom stereocenters. The van der Waals surface area contributed by atoms with E-state index in [2.05, 4.69) is 10.3 Å². The molecule has 2 aromatic rings. The van der Waals surface area contributed by atoms with Crippen LogP contribution in [0.4, 0.5) is 0 Å². The number of ether oxygens (including phenoxy) is 1. The van der Waals surface area contributed by atoms with E-state index in [9.17, 15) is 5.11 Å². The Labute approximate surface area is 115 Å². The van der Waals surface area contributed by atoms with E-state index in [4.69, 9.17) is 15.7 Å². The van der Waals surface area contributed by atoms with E-state index < -0.39 is 0 Å². The molecule has 0 amide bonds. The summed E-state index contributed by atoms with van der Waals surface area (Å²) in [5, 5.41) is 25.3. The van der Waals surface area contributed by atoms with Gasteiger partial charge in [-0.3, -0.25) is 0 Å². The van der Waals surface area contributed by atoms with Gasteiger partial charge in [0.05, 0.1) is 12.3 Å². The second kappa shape index (κ2) is 5.62. The molecule has 1 aromatic carbocycles. The Morgan fingerprint density at radius 2 is 2.15 bits per heavy atom. The molecule has 0 saturated heterocycles. The van der Waals surface area contributed by atoms with Crippen LogP contribution in [0.25, 0.3) is 0 Å². The van der Waals surface area contributed by atoms with Gasteiger partial charge in [-0.05, 0) is 13.0 Å². The zero-order chi connectivity index (χ0) is 14.7. The van der Waals surface area contributed by atoms with Crippen LogP contribution in [0.5, 0.6) is 11.6 Å². The molecule has 0 saturated carbocycles. The number of oxime groups is 1. The van der Waals surface area contributed by atoms with E-state index in [1.54, 1.807) is 38.2 Å². The minimum atomic E-state index is -0.147. The Morgan fingerprint density at radius 1 is 1.45 bits per heavy atom. The summed E-state index contributed by atoms with van der Waals surface area (Å²) < 4.78 is 7.27. The smallest absolute Gasteiger partial charge is 0.229 e. The Balaban J connectivity index is 2.49. The van der Waals surface area contributed by atoms with Gasteiger partial charge in [-0.2, -0.15) is 5.10 Å². The number of hydrogen-bond donors (Lipinski definition) is 3. The summed E-state index contributed by atoms with van der Waals surface area (Å²) in [6, 6.07) is 7.07. The normalized spacial score (nSPS) is 11.7. The van der Waals surface area contributed by atoms with Gasteiger partial charge >= 0.3 is 0 Å². The molecule has 106 valence electrons. The molecule has 7 nitrogen and oxygen atoms in total. The van der Waals surface area contributed by atoms with E-state index in [-0.39, 0.29) is 12.4 Å². The van der Waals surface area contributed by atoms with E-state index in [0.717, 1.165) is 0 Å². The minimum absolute atomic E-state index is 0.0768. The Hall–Kier alpha value is -2.54. The van der Waals surface area contributed by atoms with Gasteiger partial charge in [-0.25, -0.2) is 4.68 Å². The fourth-order valence-corrected chi connectivity index (χ4v) is 1.94. The van der Waals surface area contributed by atoms with Gasteiger partial charge in [0.1, 0.15) is 11.3 Å². The van der Waals surface area contributed by atoms with Gasteiger partial charge in [0, 0.05) is 12.6 Å². The van der Waals surface area contributed by atoms with Crippen LogP contribution >= 0.6 is 0 Å². The number of nitrogens with two attached hydrogens (primary N) is 1.